The van der Waals surface area contributed by atoms with Crippen LogP contribution in [0.4, 0.5) is 0 Å². The molecule has 0 aliphatic heterocycles. The van der Waals surface area contributed by atoms with Crippen molar-refractivity contribution in [2.24, 2.45) is 22.9 Å². The highest BCUT2D eigenvalue weighted by Gasteiger charge is 2.54. The van der Waals surface area contributed by atoms with E-state index in [2.05, 4.69) is 10.5 Å². The molecule has 100 valence electrons. The maximum Gasteiger partial charge on any atom is 0.243 e. The van der Waals surface area contributed by atoms with Crippen molar-refractivity contribution in [3.63, 3.8) is 0 Å². The fraction of sp³-hybridized carbons (Fsp3) is 0.467. The van der Waals surface area contributed by atoms with Gasteiger partial charge in [0.1, 0.15) is 0 Å². The van der Waals surface area contributed by atoms with Crippen molar-refractivity contribution in [3.05, 3.63) is 34.9 Å². The second-order valence-electron chi connectivity index (χ2n) is 5.43. The molecule has 0 radical (unpaired) electrons. The Morgan fingerprint density at radius 1 is 1.32 bits per heavy atom. The number of fused-ring (bicyclic) bond motifs is 1. The van der Waals surface area contributed by atoms with Gasteiger partial charge in [-0.15, -0.1) is 0 Å². The molecule has 4 heteroatoms. The zero-order valence-corrected chi connectivity index (χ0v) is 11.4. The minimum absolute atomic E-state index is 0.0789. The number of carbonyl (C=O) groups excluding carboxylic acids is 1. The highest BCUT2D eigenvalue weighted by Crippen LogP contribution is 2.55. The second-order valence-corrected chi connectivity index (χ2v) is 5.86. The number of benzene rings is 1. The van der Waals surface area contributed by atoms with Crippen molar-refractivity contribution in [1.82, 2.24) is 5.43 Å². The van der Waals surface area contributed by atoms with Crippen LogP contribution in [0.5, 0.6) is 0 Å². The number of nitrogens with zero attached hydrogens (tertiary/aromatic N) is 1. The monoisotopic (exact) mass is 276 g/mol. The molecular weight excluding hydrogens is 260 g/mol. The molecule has 2 aliphatic carbocycles. The van der Waals surface area contributed by atoms with Crippen molar-refractivity contribution in [2.75, 3.05) is 0 Å². The maximum absolute atomic E-state index is 12.0. The first-order valence-electron chi connectivity index (χ1n) is 6.84. The third-order valence-electron chi connectivity index (χ3n) is 4.20. The van der Waals surface area contributed by atoms with Crippen LogP contribution in [-0.4, -0.2) is 12.1 Å². The Bertz CT molecular complexity index is 503. The summed E-state index contributed by atoms with van der Waals surface area (Å²) in [5.41, 5.74) is 3.55. The summed E-state index contributed by atoms with van der Waals surface area (Å²) in [4.78, 5) is 12.0. The van der Waals surface area contributed by atoms with Gasteiger partial charge in [0.2, 0.25) is 5.91 Å². The van der Waals surface area contributed by atoms with Crippen LogP contribution in [0, 0.1) is 17.8 Å². The van der Waals surface area contributed by atoms with Crippen LogP contribution in [0.25, 0.3) is 0 Å². The quantitative estimate of drug-likeness (QED) is 0.668. The van der Waals surface area contributed by atoms with Gasteiger partial charge in [0.15, 0.2) is 0 Å². The molecule has 0 aromatic heterocycles. The number of carbonyl (C=O) groups is 1. The number of hydrazone groups is 1. The summed E-state index contributed by atoms with van der Waals surface area (Å²) >= 11 is 5.88. The first-order valence-corrected chi connectivity index (χ1v) is 7.22. The van der Waals surface area contributed by atoms with Crippen LogP contribution in [-0.2, 0) is 4.79 Å². The highest BCUT2D eigenvalue weighted by atomic mass is 35.5. The third-order valence-corrected chi connectivity index (χ3v) is 4.43. The Morgan fingerprint density at radius 2 is 2.05 bits per heavy atom. The van der Waals surface area contributed by atoms with E-state index in [1.807, 2.05) is 24.3 Å². The zero-order valence-electron chi connectivity index (χ0n) is 10.7. The highest BCUT2D eigenvalue weighted by molar-refractivity contribution is 6.30. The predicted octanol–water partition coefficient (Wildman–Crippen LogP) is 3.23. The molecule has 1 aromatic rings. The normalized spacial score (nSPS) is 29.0. The molecule has 1 N–H and O–H groups in total. The van der Waals surface area contributed by atoms with Gasteiger partial charge < -0.3 is 0 Å². The van der Waals surface area contributed by atoms with Gasteiger partial charge in [0.05, 0.1) is 6.21 Å². The Labute approximate surface area is 118 Å². The van der Waals surface area contributed by atoms with E-state index in [0.29, 0.717) is 16.9 Å². The van der Waals surface area contributed by atoms with Crippen LogP contribution in [0.15, 0.2) is 29.4 Å². The second kappa shape index (κ2) is 5.33. The minimum Gasteiger partial charge on any atom is -0.273 e. The van der Waals surface area contributed by atoms with Crippen molar-refractivity contribution in [2.45, 2.75) is 25.7 Å². The zero-order chi connectivity index (χ0) is 13.2. The Kier molecular flexibility index (Phi) is 3.56. The molecule has 2 aliphatic rings. The molecule has 3 nitrogen and oxygen atoms in total. The molecule has 0 heterocycles. The van der Waals surface area contributed by atoms with E-state index < -0.39 is 0 Å². The Hall–Kier alpha value is -1.35. The molecule has 19 heavy (non-hydrogen) atoms. The van der Waals surface area contributed by atoms with Gasteiger partial charge >= 0.3 is 0 Å². The number of amides is 1. The van der Waals surface area contributed by atoms with Crippen LogP contribution in [0.3, 0.4) is 0 Å². The van der Waals surface area contributed by atoms with E-state index in [4.69, 9.17) is 11.6 Å². The molecule has 0 unspecified atom stereocenters. The molecule has 0 bridgehead atoms. The number of hydrogen-bond acceptors (Lipinski definition) is 2. The first-order chi connectivity index (χ1) is 9.25. The van der Waals surface area contributed by atoms with Crippen molar-refractivity contribution in [1.29, 1.82) is 0 Å². The standard InChI is InChI=1S/C15H17ClN2O/c16-11-5-3-4-10(8-11)9-17-18-15(19)14-12-6-1-2-7-13(12)14/h3-5,8-9,12-14H,1-2,6-7H2,(H,18,19)/b17-9+/t12-,13-/m1/s1. The third kappa shape index (κ3) is 2.81. The van der Waals surface area contributed by atoms with Gasteiger partial charge in [-0.05, 0) is 42.4 Å². The molecule has 0 saturated heterocycles. The average molecular weight is 277 g/mol. The van der Waals surface area contributed by atoms with E-state index in [-0.39, 0.29) is 11.8 Å². The summed E-state index contributed by atoms with van der Waals surface area (Å²) in [6.45, 7) is 0. The van der Waals surface area contributed by atoms with E-state index >= 15 is 0 Å². The smallest absolute Gasteiger partial charge is 0.243 e. The Balaban J connectivity index is 1.54. The molecule has 2 fully saturated rings. The van der Waals surface area contributed by atoms with E-state index in [1.165, 1.54) is 25.7 Å². The lowest BCUT2D eigenvalue weighted by atomic mass is 10.0. The number of hydrogen-bond donors (Lipinski definition) is 1. The van der Waals surface area contributed by atoms with Crippen LogP contribution >= 0.6 is 11.6 Å². The predicted molar refractivity (Wildman–Crippen MR) is 76.1 cm³/mol. The van der Waals surface area contributed by atoms with Gasteiger partial charge in [-0.25, -0.2) is 5.43 Å². The van der Waals surface area contributed by atoms with E-state index in [0.717, 1.165) is 5.56 Å². The fourth-order valence-electron chi connectivity index (χ4n) is 3.21. The van der Waals surface area contributed by atoms with Gasteiger partial charge in [0, 0.05) is 10.9 Å². The number of halogens is 1. The summed E-state index contributed by atoms with van der Waals surface area (Å²) in [6, 6.07) is 7.39. The molecule has 1 aromatic carbocycles. The number of rotatable bonds is 3. The van der Waals surface area contributed by atoms with Crippen LogP contribution in [0.1, 0.15) is 31.2 Å². The lowest BCUT2D eigenvalue weighted by Crippen LogP contribution is -2.20. The van der Waals surface area contributed by atoms with E-state index in [9.17, 15) is 4.79 Å². The average Bonchev–Trinajstić information content (AvgIpc) is 3.13. The first kappa shape index (κ1) is 12.7. The largest absolute Gasteiger partial charge is 0.273 e. The van der Waals surface area contributed by atoms with Crippen molar-refractivity contribution >= 4 is 23.7 Å². The summed E-state index contributed by atoms with van der Waals surface area (Å²) in [5, 5.41) is 4.69. The molecular formula is C15H17ClN2O. The summed E-state index contributed by atoms with van der Waals surface area (Å²) in [6.07, 6.45) is 6.60. The fourth-order valence-corrected chi connectivity index (χ4v) is 3.41. The maximum atomic E-state index is 12.0. The minimum atomic E-state index is 0.0789. The van der Waals surface area contributed by atoms with Gasteiger partial charge in [-0.1, -0.05) is 36.6 Å². The summed E-state index contributed by atoms with van der Waals surface area (Å²) in [7, 11) is 0. The van der Waals surface area contributed by atoms with E-state index in [1.54, 1.807) is 6.21 Å². The van der Waals surface area contributed by atoms with Gasteiger partial charge in [0.25, 0.3) is 0 Å². The molecule has 2 saturated carbocycles. The Morgan fingerprint density at radius 3 is 2.74 bits per heavy atom. The SMILES string of the molecule is O=C(N/N=C/c1cccc(Cl)c1)C1[C@@H]2CCCC[C@@H]12. The van der Waals surface area contributed by atoms with Crippen LogP contribution < -0.4 is 5.43 Å². The number of nitrogens with one attached hydrogen (secondary N) is 1. The molecule has 3 rings (SSSR count). The molecule has 2 atom stereocenters. The lowest BCUT2D eigenvalue weighted by molar-refractivity contribution is -0.122. The lowest BCUT2D eigenvalue weighted by Gasteiger charge is -2.04. The van der Waals surface area contributed by atoms with Crippen LogP contribution in [0.2, 0.25) is 5.02 Å². The topological polar surface area (TPSA) is 41.5 Å². The molecule has 1 amide bonds. The van der Waals surface area contributed by atoms with Gasteiger partial charge in [-0.3, -0.25) is 4.79 Å². The molecule has 0 spiro atoms. The van der Waals surface area contributed by atoms with Crippen molar-refractivity contribution in [3.8, 4) is 0 Å². The summed E-state index contributed by atoms with van der Waals surface area (Å²) in [5.74, 6) is 1.53. The van der Waals surface area contributed by atoms with Gasteiger partial charge in [-0.2, -0.15) is 5.10 Å². The van der Waals surface area contributed by atoms with Crippen molar-refractivity contribution < 1.29 is 4.79 Å². The summed E-state index contributed by atoms with van der Waals surface area (Å²) < 4.78 is 0.